The second-order valence-corrected chi connectivity index (χ2v) is 39.8. The van der Waals surface area contributed by atoms with Gasteiger partial charge in [-0.05, 0) is 0 Å². The number of benzene rings is 2. The van der Waals surface area contributed by atoms with Crippen LogP contribution in [0.15, 0.2) is 74.1 Å². The molecule has 0 aromatic heterocycles. The monoisotopic (exact) mass is 540 g/mol. The van der Waals surface area contributed by atoms with Crippen LogP contribution in [0.25, 0.3) is 17.2 Å². The summed E-state index contributed by atoms with van der Waals surface area (Å²) in [7, 11) is 2.00. The average Bonchev–Trinajstić information content (AvgIpc) is 3.26. The molecule has 2 aromatic rings. The minimum absolute atomic E-state index is 0.597. The zero-order chi connectivity index (χ0) is 25.2. The van der Waals surface area contributed by atoms with E-state index in [-0.39, 0.29) is 0 Å². The minimum atomic E-state index is -3.29. The predicted molar refractivity (Wildman–Crippen MR) is 145 cm³/mol. The third kappa shape index (κ3) is 4.78. The predicted octanol–water partition coefficient (Wildman–Crippen LogP) is 6.62. The van der Waals surface area contributed by atoms with Crippen LogP contribution in [0.5, 0.6) is 0 Å². The van der Waals surface area contributed by atoms with Gasteiger partial charge in [-0.15, -0.1) is 0 Å². The quantitative estimate of drug-likeness (QED) is 0.429. The molecule has 0 spiro atoms. The summed E-state index contributed by atoms with van der Waals surface area (Å²) in [4.78, 5) is 0. The van der Waals surface area contributed by atoms with Crippen LogP contribution in [0.2, 0.25) is 9.26 Å². The molecule has 0 aliphatic heterocycles. The van der Waals surface area contributed by atoms with Crippen LogP contribution in [-0.2, 0) is 17.4 Å². The normalized spacial score (nSPS) is 19.9. The maximum atomic E-state index is 7.00. The third-order valence-corrected chi connectivity index (χ3v) is 25.3. The van der Waals surface area contributed by atoms with Crippen molar-refractivity contribution in [3.8, 4) is 11.1 Å². The molecule has 0 bridgehead atoms. The Bertz CT molecular complexity index is 1180. The number of aliphatic hydroxyl groups is 2. The van der Waals surface area contributed by atoms with Crippen LogP contribution in [0, 0.1) is 5.92 Å². The van der Waals surface area contributed by atoms with Gasteiger partial charge in [0.15, 0.2) is 0 Å². The third-order valence-electron chi connectivity index (χ3n) is 7.81. The SMILES string of the molecule is CC1=Cc2c(-c3ccccc3)cccc2[CH]1[Zr]([CH3])([CH3])(=[SiH2])[C]1=C(C)C(C)=C(C)C1C.CO.CO. The van der Waals surface area contributed by atoms with Crippen LogP contribution in [0.4, 0.5) is 0 Å². The van der Waals surface area contributed by atoms with Gasteiger partial charge >= 0.3 is 180 Å². The molecule has 4 heteroatoms. The van der Waals surface area contributed by atoms with Crippen LogP contribution < -0.4 is 0 Å². The molecule has 178 valence electrons. The van der Waals surface area contributed by atoms with Crippen molar-refractivity contribution in [3.63, 3.8) is 0 Å². The standard InChI is InChI=1S/C16H13.C9H13.2CH4O.2CH3.H2Si.Zr/c1-12-10-14-8-5-9-15(16(14)11-12)13-6-3-2-4-7-13;1-6-5-7(2)9(4)8(6)3;2*1-2;;;;/h2-11H,1H3;6H,1-4H3;2*2H,1H3;2*1H3;1H2;. The fourth-order valence-corrected chi connectivity index (χ4v) is 28.2. The largest absolute Gasteiger partial charge is 0.400 e. The molecule has 4 rings (SSSR count). The number of aliphatic hydroxyl groups excluding tert-OH is 2. The van der Waals surface area contributed by atoms with Gasteiger partial charge in [-0.1, -0.05) is 0 Å². The van der Waals surface area contributed by atoms with Crippen molar-refractivity contribution < 1.29 is 27.6 Å². The Morgan fingerprint density at radius 3 is 1.88 bits per heavy atom. The molecule has 2 nitrogen and oxygen atoms in total. The van der Waals surface area contributed by atoms with Crippen LogP contribution in [-0.4, -0.2) is 31.3 Å². The van der Waals surface area contributed by atoms with E-state index in [1.165, 1.54) is 16.7 Å². The van der Waals surface area contributed by atoms with Gasteiger partial charge in [0.05, 0.1) is 0 Å². The van der Waals surface area contributed by atoms with E-state index in [1.54, 1.807) is 27.9 Å². The molecule has 0 fully saturated rings. The van der Waals surface area contributed by atoms with Crippen molar-refractivity contribution in [1.82, 2.24) is 0 Å². The Kier molecular flexibility index (Phi) is 8.90. The Hall–Kier alpha value is -1.32. The first-order valence-electron chi connectivity index (χ1n) is 11.8. The molecule has 0 heterocycles. The summed E-state index contributed by atoms with van der Waals surface area (Å²) in [5, 5.41) is 14.0. The summed E-state index contributed by atoms with van der Waals surface area (Å²) in [6, 6.07) is 17.9. The van der Waals surface area contributed by atoms with Gasteiger partial charge < -0.3 is 10.2 Å². The Morgan fingerprint density at radius 1 is 0.788 bits per heavy atom. The van der Waals surface area contributed by atoms with E-state index < -0.39 is 17.4 Å². The molecule has 33 heavy (non-hydrogen) atoms. The van der Waals surface area contributed by atoms with Gasteiger partial charge in [0.2, 0.25) is 0 Å². The molecular weight excluding hydrogens is 500 g/mol. The van der Waals surface area contributed by atoms with Gasteiger partial charge in [-0.25, -0.2) is 0 Å². The molecule has 0 saturated heterocycles. The van der Waals surface area contributed by atoms with Crippen molar-refractivity contribution in [1.29, 1.82) is 0 Å². The van der Waals surface area contributed by atoms with E-state index >= 15 is 0 Å². The molecule has 2 N–H and O–H groups in total. The maximum absolute atomic E-state index is 7.00. The van der Waals surface area contributed by atoms with Crippen molar-refractivity contribution >= 4 is 13.0 Å². The van der Waals surface area contributed by atoms with E-state index in [9.17, 15) is 0 Å². The van der Waals surface area contributed by atoms with Crippen molar-refractivity contribution in [3.05, 3.63) is 85.2 Å². The van der Waals surface area contributed by atoms with E-state index in [4.69, 9.17) is 10.2 Å². The van der Waals surface area contributed by atoms with Gasteiger partial charge in [-0.2, -0.15) is 0 Å². The first-order chi connectivity index (χ1) is 15.5. The second-order valence-electron chi connectivity index (χ2n) is 10.4. The van der Waals surface area contributed by atoms with E-state index in [0.29, 0.717) is 9.54 Å². The average molecular weight is 542 g/mol. The molecule has 0 radical (unpaired) electrons. The smallest absolute Gasteiger partial charge is 0.0319 e. The number of hydrogen-bond donors (Lipinski definition) is 2. The van der Waals surface area contributed by atoms with E-state index in [2.05, 4.69) is 105 Å². The summed E-state index contributed by atoms with van der Waals surface area (Å²) < 4.78 is 7.83. The van der Waals surface area contributed by atoms with Gasteiger partial charge in [0, 0.05) is 14.2 Å². The van der Waals surface area contributed by atoms with E-state index in [1.807, 2.05) is 3.28 Å². The Morgan fingerprint density at radius 2 is 1.36 bits per heavy atom. The Labute approximate surface area is 203 Å². The topological polar surface area (TPSA) is 40.5 Å². The number of rotatable bonds is 3. The zero-order valence-corrected chi connectivity index (χ0v) is 25.8. The maximum Gasteiger partial charge on any atom is 0.0319 e. The first-order valence-corrected chi connectivity index (χ1v) is 25.2. The first kappa shape index (κ1) is 27.9. The molecule has 2 unspecified atom stereocenters. The van der Waals surface area contributed by atoms with Gasteiger partial charge in [0.25, 0.3) is 0 Å². The van der Waals surface area contributed by atoms with Crippen LogP contribution in [0.3, 0.4) is 0 Å². The summed E-state index contributed by atoms with van der Waals surface area (Å²) in [5.74, 6) is 0.599. The molecule has 0 amide bonds. The molecule has 2 aliphatic rings. The number of hydrogen-bond acceptors (Lipinski definition) is 2. The number of fused-ring (bicyclic) bond motifs is 1. The zero-order valence-electron chi connectivity index (χ0n) is 22.0. The molecule has 0 saturated carbocycles. The van der Waals surface area contributed by atoms with Crippen molar-refractivity contribution in [2.24, 2.45) is 5.92 Å². The van der Waals surface area contributed by atoms with Crippen molar-refractivity contribution in [2.75, 3.05) is 14.2 Å². The van der Waals surface area contributed by atoms with E-state index in [0.717, 1.165) is 14.2 Å². The van der Waals surface area contributed by atoms with Gasteiger partial charge in [-0.3, -0.25) is 0 Å². The van der Waals surface area contributed by atoms with Crippen molar-refractivity contribution in [2.45, 2.75) is 47.5 Å². The fourth-order valence-electron chi connectivity index (χ4n) is 6.50. The second kappa shape index (κ2) is 10.5. The van der Waals surface area contributed by atoms with Crippen LogP contribution >= 0.6 is 0 Å². The molecular formula is C29H42O2SiZr. The fraction of sp³-hybridized carbons (Fsp3) is 0.379. The summed E-state index contributed by atoms with van der Waals surface area (Å²) in [6.07, 6.45) is 2.50. The summed E-state index contributed by atoms with van der Waals surface area (Å²) in [6.45, 7) is 14.3. The van der Waals surface area contributed by atoms with Gasteiger partial charge in [0.1, 0.15) is 0 Å². The molecule has 2 aliphatic carbocycles. The molecule has 2 aromatic carbocycles. The summed E-state index contributed by atoms with van der Waals surface area (Å²) >= 11 is -3.29. The minimum Gasteiger partial charge on any atom is -0.400 e. The van der Waals surface area contributed by atoms with Crippen LogP contribution in [0.1, 0.15) is 49.4 Å². The molecule has 2 atom stereocenters. The summed E-state index contributed by atoms with van der Waals surface area (Å²) in [5.41, 5.74) is 12.0. The Balaban J connectivity index is 0.000000914. The number of allylic oxidation sites excluding steroid dienone is 5.